The molecule has 3 heteroatoms. The van der Waals surface area contributed by atoms with Crippen LogP contribution in [0.4, 0.5) is 8.78 Å². The van der Waals surface area contributed by atoms with Gasteiger partial charge in [-0.15, -0.1) is 0 Å². The highest BCUT2D eigenvalue weighted by Crippen LogP contribution is 2.33. The zero-order valence-corrected chi connectivity index (χ0v) is 8.11. The molecule has 0 aliphatic heterocycles. The van der Waals surface area contributed by atoms with E-state index >= 15 is 0 Å². The Kier molecular flexibility index (Phi) is 3.26. The van der Waals surface area contributed by atoms with Crippen LogP contribution < -0.4 is 0 Å². The van der Waals surface area contributed by atoms with Crippen LogP contribution in [0.3, 0.4) is 0 Å². The van der Waals surface area contributed by atoms with Crippen molar-refractivity contribution in [3.8, 4) is 0 Å². The SMILES string of the molecule is CCCC(F)(F)c1cccc(Cl)c1. The van der Waals surface area contributed by atoms with Gasteiger partial charge in [-0.25, -0.2) is 8.78 Å². The Bertz CT molecular complexity index is 284. The summed E-state index contributed by atoms with van der Waals surface area (Å²) in [6.45, 7) is 1.73. The molecular weight excluding hydrogens is 194 g/mol. The molecule has 1 rings (SSSR count). The lowest BCUT2D eigenvalue weighted by Crippen LogP contribution is -2.12. The van der Waals surface area contributed by atoms with Gasteiger partial charge in [-0.1, -0.05) is 37.1 Å². The molecule has 1 aromatic carbocycles. The molecule has 0 spiro atoms. The number of halogens is 3. The smallest absolute Gasteiger partial charge is 0.201 e. The van der Waals surface area contributed by atoms with Gasteiger partial charge in [0.05, 0.1) is 0 Å². The van der Waals surface area contributed by atoms with Crippen molar-refractivity contribution in [2.24, 2.45) is 0 Å². The number of rotatable bonds is 3. The van der Waals surface area contributed by atoms with Crippen LogP contribution >= 0.6 is 11.6 Å². The van der Waals surface area contributed by atoms with Crippen LogP contribution in [0, 0.1) is 0 Å². The molecule has 0 amide bonds. The quantitative estimate of drug-likeness (QED) is 0.691. The average Bonchev–Trinajstić information content (AvgIpc) is 2.04. The van der Waals surface area contributed by atoms with E-state index in [1.54, 1.807) is 19.1 Å². The van der Waals surface area contributed by atoms with Crippen LogP contribution in [-0.2, 0) is 5.92 Å². The fourth-order valence-electron chi connectivity index (χ4n) is 1.17. The van der Waals surface area contributed by atoms with Gasteiger partial charge < -0.3 is 0 Å². The lowest BCUT2D eigenvalue weighted by atomic mass is 10.0. The Labute approximate surface area is 81.5 Å². The van der Waals surface area contributed by atoms with Crippen molar-refractivity contribution in [3.63, 3.8) is 0 Å². The van der Waals surface area contributed by atoms with E-state index in [-0.39, 0.29) is 12.0 Å². The van der Waals surface area contributed by atoms with Crippen LogP contribution in [0.5, 0.6) is 0 Å². The number of hydrogen-bond donors (Lipinski definition) is 0. The van der Waals surface area contributed by atoms with Crippen molar-refractivity contribution < 1.29 is 8.78 Å². The van der Waals surface area contributed by atoms with Crippen molar-refractivity contribution >= 4 is 11.6 Å². The van der Waals surface area contributed by atoms with Crippen LogP contribution in [-0.4, -0.2) is 0 Å². The fourth-order valence-corrected chi connectivity index (χ4v) is 1.36. The van der Waals surface area contributed by atoms with E-state index in [2.05, 4.69) is 0 Å². The van der Waals surface area contributed by atoms with E-state index in [4.69, 9.17) is 11.6 Å². The van der Waals surface area contributed by atoms with Gasteiger partial charge in [0, 0.05) is 17.0 Å². The predicted molar refractivity (Wildman–Crippen MR) is 50.3 cm³/mol. The van der Waals surface area contributed by atoms with Crippen LogP contribution in [0.1, 0.15) is 25.3 Å². The second-order valence-electron chi connectivity index (χ2n) is 2.96. The Morgan fingerprint density at radius 1 is 1.38 bits per heavy atom. The monoisotopic (exact) mass is 204 g/mol. The maximum absolute atomic E-state index is 13.3. The Morgan fingerprint density at radius 3 is 2.62 bits per heavy atom. The molecule has 0 nitrogen and oxygen atoms in total. The second-order valence-corrected chi connectivity index (χ2v) is 3.40. The van der Waals surface area contributed by atoms with Gasteiger partial charge >= 0.3 is 0 Å². The first-order valence-corrected chi connectivity index (χ1v) is 4.58. The maximum Gasteiger partial charge on any atom is 0.273 e. The van der Waals surface area contributed by atoms with Gasteiger partial charge in [0.2, 0.25) is 0 Å². The first-order chi connectivity index (χ1) is 6.06. The van der Waals surface area contributed by atoms with Crippen LogP contribution in [0.15, 0.2) is 24.3 Å². The van der Waals surface area contributed by atoms with E-state index in [0.717, 1.165) is 0 Å². The molecule has 13 heavy (non-hydrogen) atoms. The number of hydrogen-bond acceptors (Lipinski definition) is 0. The first-order valence-electron chi connectivity index (χ1n) is 4.20. The van der Waals surface area contributed by atoms with Gasteiger partial charge in [0.1, 0.15) is 0 Å². The van der Waals surface area contributed by atoms with Gasteiger partial charge in [0.15, 0.2) is 0 Å². The van der Waals surface area contributed by atoms with Crippen LogP contribution in [0.2, 0.25) is 5.02 Å². The molecule has 0 aromatic heterocycles. The normalized spacial score (nSPS) is 11.7. The minimum Gasteiger partial charge on any atom is -0.201 e. The third kappa shape index (κ3) is 2.66. The Morgan fingerprint density at radius 2 is 2.08 bits per heavy atom. The minimum absolute atomic E-state index is 0.00171. The van der Waals surface area contributed by atoms with Gasteiger partial charge in [0.25, 0.3) is 5.92 Å². The van der Waals surface area contributed by atoms with Crippen molar-refractivity contribution in [1.29, 1.82) is 0 Å². The van der Waals surface area contributed by atoms with Crippen molar-refractivity contribution in [2.45, 2.75) is 25.7 Å². The zero-order chi connectivity index (χ0) is 9.90. The molecule has 72 valence electrons. The summed E-state index contributed by atoms with van der Waals surface area (Å²) in [4.78, 5) is 0. The van der Waals surface area contributed by atoms with Crippen LogP contribution in [0.25, 0.3) is 0 Å². The molecule has 0 aliphatic rings. The van der Waals surface area contributed by atoms with E-state index in [9.17, 15) is 8.78 Å². The summed E-state index contributed by atoms with van der Waals surface area (Å²) in [5, 5.41) is 0.355. The zero-order valence-electron chi connectivity index (χ0n) is 7.36. The highest BCUT2D eigenvalue weighted by molar-refractivity contribution is 6.30. The molecule has 0 N–H and O–H groups in total. The molecule has 0 unspecified atom stereocenters. The Balaban J connectivity index is 2.93. The minimum atomic E-state index is -2.75. The standard InChI is InChI=1S/C10H11ClF2/c1-2-6-10(12,13)8-4-3-5-9(11)7-8/h3-5,7H,2,6H2,1H3. The highest BCUT2D eigenvalue weighted by atomic mass is 35.5. The third-order valence-corrected chi connectivity index (χ3v) is 2.05. The molecule has 1 aromatic rings. The van der Waals surface area contributed by atoms with E-state index in [1.807, 2.05) is 0 Å². The summed E-state index contributed by atoms with van der Waals surface area (Å²) in [5.74, 6) is -2.75. The molecule has 0 atom stereocenters. The lowest BCUT2D eigenvalue weighted by Gasteiger charge is -2.15. The molecule has 0 aliphatic carbocycles. The molecular formula is C10H11ClF2. The van der Waals surface area contributed by atoms with Gasteiger partial charge in [-0.3, -0.25) is 0 Å². The Hall–Kier alpha value is -0.630. The summed E-state index contributed by atoms with van der Waals surface area (Å²) < 4.78 is 26.6. The molecule has 0 fully saturated rings. The summed E-state index contributed by atoms with van der Waals surface area (Å²) in [6.07, 6.45) is 0.326. The molecule has 0 saturated carbocycles. The summed E-state index contributed by atoms with van der Waals surface area (Å²) >= 11 is 5.62. The fraction of sp³-hybridized carbons (Fsp3) is 0.400. The van der Waals surface area contributed by atoms with E-state index < -0.39 is 5.92 Å². The summed E-state index contributed by atoms with van der Waals surface area (Å²) in [5.41, 5.74) is 0.00171. The summed E-state index contributed by atoms with van der Waals surface area (Å²) in [6, 6.07) is 5.85. The molecule has 0 saturated heterocycles. The first kappa shape index (κ1) is 10.5. The van der Waals surface area contributed by atoms with E-state index in [0.29, 0.717) is 11.4 Å². The van der Waals surface area contributed by atoms with Gasteiger partial charge in [-0.05, 0) is 12.1 Å². The summed E-state index contributed by atoms with van der Waals surface area (Å²) in [7, 11) is 0. The maximum atomic E-state index is 13.3. The molecule has 0 heterocycles. The van der Waals surface area contributed by atoms with Crippen molar-refractivity contribution in [3.05, 3.63) is 34.9 Å². The van der Waals surface area contributed by atoms with Crippen molar-refractivity contribution in [2.75, 3.05) is 0 Å². The number of alkyl halides is 2. The second kappa shape index (κ2) is 4.05. The molecule has 0 bridgehead atoms. The number of benzene rings is 1. The average molecular weight is 205 g/mol. The lowest BCUT2D eigenvalue weighted by molar-refractivity contribution is -0.0140. The van der Waals surface area contributed by atoms with Crippen molar-refractivity contribution in [1.82, 2.24) is 0 Å². The van der Waals surface area contributed by atoms with E-state index in [1.165, 1.54) is 12.1 Å². The third-order valence-electron chi connectivity index (χ3n) is 1.81. The molecule has 0 radical (unpaired) electrons. The largest absolute Gasteiger partial charge is 0.273 e. The predicted octanol–water partition coefficient (Wildman–Crippen LogP) is 4.23. The highest BCUT2D eigenvalue weighted by Gasteiger charge is 2.29. The van der Waals surface area contributed by atoms with Gasteiger partial charge in [-0.2, -0.15) is 0 Å². The topological polar surface area (TPSA) is 0 Å².